The first kappa shape index (κ1) is 19.3. The zero-order chi connectivity index (χ0) is 19.4. The van der Waals surface area contributed by atoms with E-state index in [1.165, 1.54) is 0 Å². The fourth-order valence-corrected chi connectivity index (χ4v) is 3.59. The molecule has 1 aromatic heterocycles. The van der Waals surface area contributed by atoms with E-state index in [2.05, 4.69) is 43.7 Å². The van der Waals surface area contributed by atoms with Gasteiger partial charge in [-0.25, -0.2) is 4.79 Å². The summed E-state index contributed by atoms with van der Waals surface area (Å²) >= 11 is 3.50. The van der Waals surface area contributed by atoms with E-state index in [0.717, 1.165) is 29.3 Å². The number of fused-ring (bicyclic) bond motifs is 1. The lowest BCUT2D eigenvalue weighted by Gasteiger charge is -2.27. The Labute approximate surface area is 166 Å². The number of aromatic nitrogens is 4. The number of hydrogen-bond donors (Lipinski definition) is 1. The highest BCUT2D eigenvalue weighted by atomic mass is 79.9. The molecule has 0 bridgehead atoms. The summed E-state index contributed by atoms with van der Waals surface area (Å²) in [5, 5.41) is 14.9. The van der Waals surface area contributed by atoms with E-state index < -0.39 is 6.04 Å². The van der Waals surface area contributed by atoms with Crippen molar-refractivity contribution < 1.29 is 14.3 Å². The first-order valence-electron chi connectivity index (χ1n) is 8.83. The number of tetrazole rings is 1. The van der Waals surface area contributed by atoms with E-state index in [0.29, 0.717) is 29.6 Å². The van der Waals surface area contributed by atoms with Crippen LogP contribution in [-0.4, -0.2) is 39.9 Å². The second-order valence-corrected chi connectivity index (χ2v) is 7.10. The van der Waals surface area contributed by atoms with Gasteiger partial charge < -0.3 is 14.8 Å². The number of carbonyl (C=O) groups excluding carboxylic acids is 1. The lowest BCUT2D eigenvalue weighted by atomic mass is 9.95. The van der Waals surface area contributed by atoms with E-state index in [4.69, 9.17) is 9.47 Å². The zero-order valence-corrected chi connectivity index (χ0v) is 17.1. The van der Waals surface area contributed by atoms with Crippen molar-refractivity contribution in [2.75, 3.05) is 19.0 Å². The molecule has 1 aliphatic heterocycles. The van der Waals surface area contributed by atoms with Gasteiger partial charge in [-0.3, -0.25) is 0 Å². The van der Waals surface area contributed by atoms with E-state index in [1.807, 2.05) is 25.1 Å². The van der Waals surface area contributed by atoms with Gasteiger partial charge >= 0.3 is 5.97 Å². The predicted octanol–water partition coefficient (Wildman–Crippen LogP) is 3.47. The smallest absolute Gasteiger partial charge is 0.338 e. The van der Waals surface area contributed by atoms with Crippen molar-refractivity contribution in [2.45, 2.75) is 39.2 Å². The Balaban J connectivity index is 1.97. The van der Waals surface area contributed by atoms with Crippen LogP contribution in [0.3, 0.4) is 0 Å². The maximum atomic E-state index is 12.9. The molecule has 3 rings (SSSR count). The largest absolute Gasteiger partial charge is 0.496 e. The molecule has 9 heteroatoms. The zero-order valence-electron chi connectivity index (χ0n) is 15.5. The molecule has 0 saturated heterocycles. The predicted molar refractivity (Wildman–Crippen MR) is 103 cm³/mol. The summed E-state index contributed by atoms with van der Waals surface area (Å²) in [7, 11) is 1.60. The van der Waals surface area contributed by atoms with Crippen LogP contribution >= 0.6 is 15.9 Å². The molecular weight excluding hydrogens is 414 g/mol. The van der Waals surface area contributed by atoms with Crippen molar-refractivity contribution >= 4 is 27.8 Å². The van der Waals surface area contributed by atoms with Crippen molar-refractivity contribution in [1.82, 2.24) is 20.2 Å². The third kappa shape index (κ3) is 3.97. The lowest BCUT2D eigenvalue weighted by Crippen LogP contribution is -2.29. The van der Waals surface area contributed by atoms with E-state index in [1.54, 1.807) is 11.8 Å². The minimum atomic E-state index is -0.489. The van der Waals surface area contributed by atoms with Gasteiger partial charge in [0.05, 0.1) is 23.8 Å². The van der Waals surface area contributed by atoms with Crippen LogP contribution in [0.4, 0.5) is 5.95 Å². The number of hydrogen-bond acceptors (Lipinski definition) is 7. The average Bonchev–Trinajstić information content (AvgIpc) is 3.11. The van der Waals surface area contributed by atoms with Crippen LogP contribution in [-0.2, 0) is 9.53 Å². The molecule has 0 aliphatic carbocycles. The molecule has 1 atom stereocenters. The highest BCUT2D eigenvalue weighted by molar-refractivity contribution is 9.10. The highest BCUT2D eigenvalue weighted by Crippen LogP contribution is 2.37. The summed E-state index contributed by atoms with van der Waals surface area (Å²) in [5.74, 6) is 0.815. The molecule has 0 fully saturated rings. The summed E-state index contributed by atoms with van der Waals surface area (Å²) < 4.78 is 13.2. The van der Waals surface area contributed by atoms with E-state index in [-0.39, 0.29) is 5.97 Å². The first-order valence-corrected chi connectivity index (χ1v) is 9.62. The van der Waals surface area contributed by atoms with Gasteiger partial charge in [0.25, 0.3) is 0 Å². The second-order valence-electron chi connectivity index (χ2n) is 6.25. The Morgan fingerprint density at radius 1 is 1.37 bits per heavy atom. The molecule has 0 spiro atoms. The van der Waals surface area contributed by atoms with Gasteiger partial charge in [0, 0.05) is 5.70 Å². The average molecular weight is 436 g/mol. The second kappa shape index (κ2) is 8.51. The summed E-state index contributed by atoms with van der Waals surface area (Å²) in [6.45, 7) is 4.33. The van der Waals surface area contributed by atoms with Crippen LogP contribution in [0, 0.1) is 0 Å². The Bertz CT molecular complexity index is 864. The van der Waals surface area contributed by atoms with Crippen molar-refractivity contribution in [3.05, 3.63) is 39.5 Å². The topological polar surface area (TPSA) is 91.2 Å². The minimum Gasteiger partial charge on any atom is -0.496 e. The van der Waals surface area contributed by atoms with Crippen LogP contribution in [0.2, 0.25) is 0 Å². The number of allylic oxidation sites excluding steroid dienone is 1. The number of methoxy groups -OCH3 is 1. The molecule has 0 saturated carbocycles. The van der Waals surface area contributed by atoms with Crippen LogP contribution in [0.1, 0.15) is 44.7 Å². The number of rotatable bonds is 7. The van der Waals surface area contributed by atoms with Crippen molar-refractivity contribution in [3.63, 3.8) is 0 Å². The van der Waals surface area contributed by atoms with Gasteiger partial charge in [0.1, 0.15) is 11.8 Å². The molecule has 27 heavy (non-hydrogen) atoms. The highest BCUT2D eigenvalue weighted by Gasteiger charge is 2.35. The van der Waals surface area contributed by atoms with Crippen LogP contribution in [0.15, 0.2) is 33.9 Å². The normalized spacial score (nSPS) is 15.9. The van der Waals surface area contributed by atoms with Crippen molar-refractivity contribution in [3.8, 4) is 5.75 Å². The molecule has 2 aromatic rings. The number of halogens is 1. The summed E-state index contributed by atoms with van der Waals surface area (Å²) in [5.41, 5.74) is 2.01. The third-order valence-electron chi connectivity index (χ3n) is 4.41. The SMILES string of the molecule is CCCCCOC(=O)C1=C(C)Nc2nnnn2[C@H]1c1ccc(OC)c(Br)c1. The molecule has 2 heterocycles. The fraction of sp³-hybridized carbons (Fsp3) is 0.444. The number of unbranched alkanes of at least 4 members (excludes halogenated alkanes) is 2. The minimum absolute atomic E-state index is 0.366. The fourth-order valence-electron chi connectivity index (χ4n) is 3.03. The number of carbonyl (C=O) groups is 1. The van der Waals surface area contributed by atoms with Crippen LogP contribution in [0.5, 0.6) is 5.75 Å². The maximum Gasteiger partial charge on any atom is 0.338 e. The molecule has 0 radical (unpaired) electrons. The molecule has 1 aliphatic rings. The number of benzene rings is 1. The Hall–Kier alpha value is -2.42. The summed E-state index contributed by atoms with van der Waals surface area (Å²) in [6, 6.07) is 5.14. The number of esters is 1. The van der Waals surface area contributed by atoms with Crippen LogP contribution in [0.25, 0.3) is 0 Å². The standard InChI is InChI=1S/C18H22BrN5O3/c1-4-5-6-9-27-17(25)15-11(2)20-18-21-22-23-24(18)16(15)12-7-8-14(26-3)13(19)10-12/h7-8,10,16H,4-6,9H2,1-3H3,(H,20,21,23)/t16-/m0/s1. The molecule has 8 nitrogen and oxygen atoms in total. The van der Waals surface area contributed by atoms with Gasteiger partial charge in [-0.1, -0.05) is 30.9 Å². The Morgan fingerprint density at radius 3 is 2.89 bits per heavy atom. The summed E-state index contributed by atoms with van der Waals surface area (Å²) in [4.78, 5) is 12.9. The third-order valence-corrected chi connectivity index (χ3v) is 5.03. The molecule has 144 valence electrons. The van der Waals surface area contributed by atoms with Gasteiger partial charge in [-0.2, -0.15) is 4.68 Å². The number of ether oxygens (including phenoxy) is 2. The van der Waals surface area contributed by atoms with Gasteiger partial charge in [0.2, 0.25) is 5.95 Å². The quantitative estimate of drug-likeness (QED) is 0.525. The van der Waals surface area contributed by atoms with E-state index in [9.17, 15) is 4.79 Å². The Kier molecular flexibility index (Phi) is 6.10. The maximum absolute atomic E-state index is 12.9. The Morgan fingerprint density at radius 2 is 2.19 bits per heavy atom. The lowest BCUT2D eigenvalue weighted by molar-refractivity contribution is -0.139. The first-order chi connectivity index (χ1) is 13.1. The summed E-state index contributed by atoms with van der Waals surface area (Å²) in [6.07, 6.45) is 2.93. The molecular formula is C18H22BrN5O3. The monoisotopic (exact) mass is 435 g/mol. The van der Waals surface area contributed by atoms with E-state index >= 15 is 0 Å². The molecule has 1 N–H and O–H groups in total. The molecule has 1 aromatic carbocycles. The number of nitrogens with one attached hydrogen (secondary N) is 1. The molecule has 0 unspecified atom stereocenters. The molecule has 0 amide bonds. The van der Waals surface area contributed by atoms with Gasteiger partial charge in [-0.15, -0.1) is 0 Å². The van der Waals surface area contributed by atoms with Crippen molar-refractivity contribution in [2.24, 2.45) is 0 Å². The number of anilines is 1. The van der Waals surface area contributed by atoms with Gasteiger partial charge in [0.15, 0.2) is 0 Å². The van der Waals surface area contributed by atoms with Gasteiger partial charge in [-0.05, 0) is 57.4 Å². The van der Waals surface area contributed by atoms with Crippen molar-refractivity contribution in [1.29, 1.82) is 0 Å². The number of nitrogens with zero attached hydrogens (tertiary/aromatic N) is 4. The van der Waals surface area contributed by atoms with Crippen LogP contribution < -0.4 is 10.1 Å².